The van der Waals surface area contributed by atoms with Gasteiger partial charge in [-0.1, -0.05) is 56.2 Å². The molecule has 1 nitrogen and oxygen atoms in total. The van der Waals surface area contributed by atoms with Crippen LogP contribution in [0.4, 0.5) is 0 Å². The Kier molecular flexibility index (Phi) is 15.9. The van der Waals surface area contributed by atoms with Crippen LogP contribution in [0.15, 0.2) is 36.5 Å². The van der Waals surface area contributed by atoms with E-state index >= 15 is 0 Å². The summed E-state index contributed by atoms with van der Waals surface area (Å²) in [7, 11) is 0. The lowest BCUT2D eigenvalue weighted by atomic mass is 10.2. The molecule has 0 bridgehead atoms. The Hall–Kier alpha value is -1.11. The van der Waals surface area contributed by atoms with Gasteiger partial charge >= 0.3 is 0 Å². The van der Waals surface area contributed by atoms with E-state index in [2.05, 4.69) is 43.4 Å². The third-order valence-corrected chi connectivity index (χ3v) is 2.92. The maximum atomic E-state index is 9.98. The topological polar surface area (TPSA) is 17.1 Å². The van der Waals surface area contributed by atoms with Crippen molar-refractivity contribution in [1.29, 1.82) is 0 Å². The van der Waals surface area contributed by atoms with Crippen molar-refractivity contribution in [2.75, 3.05) is 0 Å². The third-order valence-electron chi connectivity index (χ3n) is 2.92. The van der Waals surface area contributed by atoms with E-state index in [4.69, 9.17) is 0 Å². The van der Waals surface area contributed by atoms with Crippen LogP contribution in [0.3, 0.4) is 0 Å². The minimum Gasteiger partial charge on any atom is -0.291 e. The molecule has 0 aliphatic heterocycles. The number of hydrogen-bond donors (Lipinski definition) is 0. The molecule has 0 amide bonds. The van der Waals surface area contributed by atoms with Crippen LogP contribution in [0, 0.1) is 0 Å². The van der Waals surface area contributed by atoms with Crippen LogP contribution in [0.1, 0.15) is 71.1 Å². The highest BCUT2D eigenvalue weighted by Gasteiger charge is 1.84. The summed E-state index contributed by atoms with van der Waals surface area (Å²) in [5.74, 6) is 0. The second-order valence-corrected chi connectivity index (χ2v) is 4.77. The van der Waals surface area contributed by atoms with Gasteiger partial charge in [-0.3, -0.25) is 4.79 Å². The van der Waals surface area contributed by atoms with Gasteiger partial charge in [0.1, 0.15) is 0 Å². The molecule has 0 aromatic heterocycles. The molecule has 19 heavy (non-hydrogen) atoms. The molecule has 0 aromatic rings. The lowest BCUT2D eigenvalue weighted by molar-refractivity contribution is 0.547. The van der Waals surface area contributed by atoms with E-state index < -0.39 is 0 Å². The van der Waals surface area contributed by atoms with E-state index in [1.54, 1.807) is 0 Å². The number of carbonyl (C=O) groups excluding carboxylic acids is 1. The summed E-state index contributed by atoms with van der Waals surface area (Å²) >= 11 is 0. The van der Waals surface area contributed by atoms with Gasteiger partial charge < -0.3 is 0 Å². The Morgan fingerprint density at radius 3 is 1.79 bits per heavy atom. The monoisotopic (exact) mass is 261 g/mol. The molecule has 107 valence electrons. The number of hydrogen-bond acceptors (Lipinski definition) is 1. The van der Waals surface area contributed by atoms with E-state index in [-0.39, 0.29) is 0 Å². The first kappa shape index (κ1) is 17.9. The molecule has 1 heteroatoms. The quantitative estimate of drug-likeness (QED) is 0.307. The van der Waals surface area contributed by atoms with Gasteiger partial charge in [0.25, 0.3) is 0 Å². The second-order valence-electron chi connectivity index (χ2n) is 4.77. The lowest BCUT2D eigenvalue weighted by Crippen LogP contribution is -1.75. The zero-order chi connectivity index (χ0) is 14.0. The first-order valence-corrected chi connectivity index (χ1v) is 7.71. The summed E-state index contributed by atoms with van der Waals surface area (Å²) in [4.78, 5) is 9.98. The molecule has 1 radical (unpaired) electrons. The van der Waals surface area contributed by atoms with Crippen LogP contribution in [0.2, 0.25) is 0 Å². The molecule has 0 fully saturated rings. The summed E-state index contributed by atoms with van der Waals surface area (Å²) in [6.45, 7) is 2.24. The third kappa shape index (κ3) is 16.9. The Balaban J connectivity index is 3.28. The fourth-order valence-electron chi connectivity index (χ4n) is 1.75. The van der Waals surface area contributed by atoms with Crippen LogP contribution in [-0.4, -0.2) is 6.29 Å². The van der Waals surface area contributed by atoms with Gasteiger partial charge in [0.05, 0.1) is 0 Å². The average molecular weight is 261 g/mol. The highest BCUT2D eigenvalue weighted by Crippen LogP contribution is 2.01. The van der Waals surface area contributed by atoms with Gasteiger partial charge in [-0.2, -0.15) is 0 Å². The standard InChI is InChI=1S/C18H29O/c1-2-3-4-5-6-7-8-9-10-11-12-13-14-15-16-17-18-19/h6-7,9-10,12-13H,2-5,8,11,14-17H2,1H3/b7-6?,10-9?,13-12-. The summed E-state index contributed by atoms with van der Waals surface area (Å²) in [6.07, 6.45) is 26.3. The molecule has 0 spiro atoms. The maximum absolute atomic E-state index is 9.98. The highest BCUT2D eigenvalue weighted by molar-refractivity contribution is 5.50. The summed E-state index contributed by atoms with van der Waals surface area (Å²) in [6, 6.07) is 0. The minimum absolute atomic E-state index is 0.582. The van der Waals surface area contributed by atoms with Crippen LogP contribution in [-0.2, 0) is 4.79 Å². The molecule has 0 aliphatic carbocycles. The Labute approximate surface area is 119 Å². The first-order valence-electron chi connectivity index (χ1n) is 7.71. The van der Waals surface area contributed by atoms with Gasteiger partial charge in [-0.15, -0.1) is 0 Å². The minimum atomic E-state index is 0.582. The van der Waals surface area contributed by atoms with Crippen molar-refractivity contribution >= 4 is 6.29 Å². The first-order chi connectivity index (χ1) is 9.41. The predicted molar refractivity (Wildman–Crippen MR) is 85.0 cm³/mol. The molecule has 0 aliphatic rings. The molecule has 0 saturated heterocycles. The molecule has 0 unspecified atom stereocenters. The van der Waals surface area contributed by atoms with Gasteiger partial charge in [0.2, 0.25) is 0 Å². The molecule has 0 N–H and O–H groups in total. The van der Waals surface area contributed by atoms with Gasteiger partial charge in [0, 0.05) is 6.42 Å². The largest absolute Gasteiger partial charge is 0.291 e. The van der Waals surface area contributed by atoms with E-state index in [1.807, 2.05) is 6.29 Å². The molecule has 0 heterocycles. The van der Waals surface area contributed by atoms with Crippen molar-refractivity contribution < 1.29 is 4.79 Å². The Morgan fingerprint density at radius 1 is 0.737 bits per heavy atom. The van der Waals surface area contributed by atoms with Crippen molar-refractivity contribution in [3.8, 4) is 0 Å². The maximum Gasteiger partial charge on any atom is 0.198 e. The van der Waals surface area contributed by atoms with Gasteiger partial charge in [-0.05, 0) is 44.9 Å². The SMILES string of the molecule is CCCCCC=CCC=CC/C=C\CCCC[C]=O. The number of allylic oxidation sites excluding steroid dienone is 6. The van der Waals surface area contributed by atoms with E-state index in [0.717, 1.165) is 32.1 Å². The average Bonchev–Trinajstić information content (AvgIpc) is 2.43. The van der Waals surface area contributed by atoms with Crippen molar-refractivity contribution in [3.63, 3.8) is 0 Å². The number of unbranched alkanes of at least 4 members (excludes halogenated alkanes) is 6. The molecule has 0 aromatic carbocycles. The highest BCUT2D eigenvalue weighted by atomic mass is 16.1. The van der Waals surface area contributed by atoms with Crippen LogP contribution in [0.5, 0.6) is 0 Å². The smallest absolute Gasteiger partial charge is 0.198 e. The summed E-state index contributed by atoms with van der Waals surface area (Å²) in [5, 5.41) is 0. The van der Waals surface area contributed by atoms with Crippen LogP contribution in [0.25, 0.3) is 0 Å². The zero-order valence-electron chi connectivity index (χ0n) is 12.4. The van der Waals surface area contributed by atoms with Gasteiger partial charge in [0.15, 0.2) is 6.29 Å². The van der Waals surface area contributed by atoms with Crippen molar-refractivity contribution in [2.45, 2.75) is 71.1 Å². The molecule has 0 saturated carbocycles. The van der Waals surface area contributed by atoms with E-state index in [0.29, 0.717) is 6.42 Å². The fourth-order valence-corrected chi connectivity index (χ4v) is 1.75. The predicted octanol–water partition coefficient (Wildman–Crippen LogP) is 5.69. The van der Waals surface area contributed by atoms with E-state index in [1.165, 1.54) is 25.7 Å². The lowest BCUT2D eigenvalue weighted by Gasteiger charge is -1.91. The van der Waals surface area contributed by atoms with E-state index in [9.17, 15) is 4.79 Å². The molecular weight excluding hydrogens is 232 g/mol. The Bertz CT molecular complexity index is 261. The zero-order valence-corrected chi connectivity index (χ0v) is 12.4. The van der Waals surface area contributed by atoms with Crippen molar-refractivity contribution in [3.05, 3.63) is 36.5 Å². The molecule has 0 atom stereocenters. The fraction of sp³-hybridized carbons (Fsp3) is 0.611. The number of rotatable bonds is 13. The van der Waals surface area contributed by atoms with Crippen LogP contribution < -0.4 is 0 Å². The summed E-state index contributed by atoms with van der Waals surface area (Å²) in [5.41, 5.74) is 0. The van der Waals surface area contributed by atoms with Crippen molar-refractivity contribution in [1.82, 2.24) is 0 Å². The van der Waals surface area contributed by atoms with Crippen molar-refractivity contribution in [2.24, 2.45) is 0 Å². The second kappa shape index (κ2) is 16.9. The van der Waals surface area contributed by atoms with Gasteiger partial charge in [-0.25, -0.2) is 0 Å². The summed E-state index contributed by atoms with van der Waals surface area (Å²) < 4.78 is 0. The molecule has 0 rings (SSSR count). The van der Waals surface area contributed by atoms with Crippen LogP contribution >= 0.6 is 0 Å². The molecular formula is C18H29O. The normalized spacial score (nSPS) is 12.1. The Morgan fingerprint density at radius 2 is 1.26 bits per heavy atom.